The first-order chi connectivity index (χ1) is 15.6. The molecule has 172 valence electrons. The highest BCUT2D eigenvalue weighted by Gasteiger charge is 2.23. The largest absolute Gasteiger partial charge is 0.206 e. The van der Waals surface area contributed by atoms with Crippen LogP contribution in [-0.4, -0.2) is 0 Å². The van der Waals surface area contributed by atoms with Gasteiger partial charge in [0.15, 0.2) is 0 Å². The molecule has 1 saturated carbocycles. The van der Waals surface area contributed by atoms with E-state index in [-0.39, 0.29) is 11.5 Å². The van der Waals surface area contributed by atoms with Crippen LogP contribution in [0.4, 0.5) is 8.78 Å². The van der Waals surface area contributed by atoms with Crippen molar-refractivity contribution in [2.45, 2.75) is 96.8 Å². The highest BCUT2D eigenvalue weighted by atomic mass is 19.1. The van der Waals surface area contributed by atoms with E-state index in [0.717, 1.165) is 36.3 Å². The third-order valence-electron chi connectivity index (χ3n) is 6.95. The van der Waals surface area contributed by atoms with Crippen LogP contribution in [-0.2, 0) is 6.42 Å². The maximum absolute atomic E-state index is 14.7. The van der Waals surface area contributed by atoms with Gasteiger partial charge in [0, 0.05) is 5.56 Å². The Morgan fingerprint density at radius 2 is 1.41 bits per heavy atom. The Balaban J connectivity index is 1.61. The Morgan fingerprint density at radius 1 is 0.781 bits per heavy atom. The highest BCUT2D eigenvalue weighted by molar-refractivity contribution is 5.46. The lowest BCUT2D eigenvalue weighted by molar-refractivity contribution is 0.302. The van der Waals surface area contributed by atoms with Crippen LogP contribution in [0.2, 0.25) is 0 Å². The molecule has 32 heavy (non-hydrogen) atoms. The summed E-state index contributed by atoms with van der Waals surface area (Å²) in [6, 6.07) is 11.1. The molecule has 1 aliphatic rings. The minimum absolute atomic E-state index is 0.117. The molecule has 2 aromatic carbocycles. The average molecular weight is 437 g/mol. The van der Waals surface area contributed by atoms with Crippen molar-refractivity contribution in [3.63, 3.8) is 0 Å². The van der Waals surface area contributed by atoms with Crippen LogP contribution in [0.3, 0.4) is 0 Å². The fraction of sp³-hybridized carbons (Fsp3) is 0.533. The normalized spacial score (nSPS) is 18.2. The van der Waals surface area contributed by atoms with Crippen molar-refractivity contribution in [1.82, 2.24) is 0 Å². The second-order valence-electron chi connectivity index (χ2n) is 9.48. The molecule has 1 aliphatic carbocycles. The van der Waals surface area contributed by atoms with Gasteiger partial charge >= 0.3 is 0 Å². The highest BCUT2D eigenvalue weighted by Crippen LogP contribution is 2.38. The molecule has 2 heteroatoms. The predicted octanol–water partition coefficient (Wildman–Crippen LogP) is 8.95. The summed E-state index contributed by atoms with van der Waals surface area (Å²) in [6.45, 7) is 4.43. The molecular formula is C30H38F2. The van der Waals surface area contributed by atoms with Crippen LogP contribution in [0.15, 0.2) is 36.4 Å². The maximum atomic E-state index is 14.7. The number of benzene rings is 2. The van der Waals surface area contributed by atoms with Gasteiger partial charge in [-0.3, -0.25) is 0 Å². The summed E-state index contributed by atoms with van der Waals surface area (Å²) in [6.07, 6.45) is 14.3. The maximum Gasteiger partial charge on any atom is 0.142 e. The van der Waals surface area contributed by atoms with Crippen molar-refractivity contribution in [2.24, 2.45) is 5.92 Å². The standard InChI is InChI=1S/C30H38F2/c1-3-5-7-9-23-11-13-25(14-12-23)17-20-28-29(31)21-27(22-30(28)32)26-18-15-24(16-19-26)10-8-6-4-2/h11-14,21-22,24,26H,3-10,15-16,18-19H2,1-2H3. The van der Waals surface area contributed by atoms with Crippen LogP contribution in [0, 0.1) is 29.4 Å². The van der Waals surface area contributed by atoms with Gasteiger partial charge in [-0.15, -0.1) is 0 Å². The molecule has 0 atom stereocenters. The Kier molecular flexibility index (Phi) is 9.79. The predicted molar refractivity (Wildman–Crippen MR) is 131 cm³/mol. The van der Waals surface area contributed by atoms with Gasteiger partial charge in [0.05, 0.1) is 5.56 Å². The first-order valence-corrected chi connectivity index (χ1v) is 12.7. The number of aryl methyl sites for hydroxylation is 1. The molecule has 1 fully saturated rings. The third-order valence-corrected chi connectivity index (χ3v) is 6.95. The summed E-state index contributed by atoms with van der Waals surface area (Å²) >= 11 is 0. The molecule has 0 bridgehead atoms. The zero-order valence-electron chi connectivity index (χ0n) is 19.9. The second-order valence-corrected chi connectivity index (χ2v) is 9.48. The molecule has 0 aliphatic heterocycles. The van der Waals surface area contributed by atoms with E-state index in [4.69, 9.17) is 0 Å². The molecule has 0 aromatic heterocycles. The van der Waals surface area contributed by atoms with E-state index >= 15 is 0 Å². The van der Waals surface area contributed by atoms with Gasteiger partial charge in [0.1, 0.15) is 11.6 Å². The molecule has 2 aromatic rings. The fourth-order valence-corrected chi connectivity index (χ4v) is 4.88. The molecule has 0 amide bonds. The molecule has 0 N–H and O–H groups in total. The third kappa shape index (κ3) is 7.19. The lowest BCUT2D eigenvalue weighted by Gasteiger charge is -2.29. The first kappa shape index (κ1) is 24.5. The van der Waals surface area contributed by atoms with Crippen molar-refractivity contribution in [3.05, 3.63) is 70.3 Å². The number of halogens is 2. The molecule has 0 unspecified atom stereocenters. The smallest absolute Gasteiger partial charge is 0.142 e. The minimum atomic E-state index is -0.534. The van der Waals surface area contributed by atoms with Crippen LogP contribution >= 0.6 is 0 Å². The molecular weight excluding hydrogens is 398 g/mol. The van der Waals surface area contributed by atoms with Gasteiger partial charge < -0.3 is 0 Å². The summed E-state index contributed by atoms with van der Waals surface area (Å²) in [5.41, 5.74) is 2.75. The summed E-state index contributed by atoms with van der Waals surface area (Å²) in [5.74, 6) is 5.66. The van der Waals surface area contributed by atoms with Gasteiger partial charge in [-0.1, -0.05) is 76.3 Å². The van der Waals surface area contributed by atoms with E-state index < -0.39 is 11.6 Å². The summed E-state index contributed by atoms with van der Waals surface area (Å²) in [4.78, 5) is 0. The summed E-state index contributed by atoms with van der Waals surface area (Å²) in [5, 5.41) is 0. The lowest BCUT2D eigenvalue weighted by Crippen LogP contribution is -2.14. The van der Waals surface area contributed by atoms with E-state index in [0.29, 0.717) is 0 Å². The van der Waals surface area contributed by atoms with E-state index in [1.807, 2.05) is 12.1 Å². The van der Waals surface area contributed by atoms with Gasteiger partial charge in [-0.25, -0.2) is 8.78 Å². The van der Waals surface area contributed by atoms with Gasteiger partial charge in [0.25, 0.3) is 0 Å². The SMILES string of the molecule is CCCCCc1ccc(C#Cc2c(F)cc(C3CCC(CCCCC)CC3)cc2F)cc1. The van der Waals surface area contributed by atoms with Crippen molar-refractivity contribution in [3.8, 4) is 11.8 Å². The van der Waals surface area contributed by atoms with Crippen molar-refractivity contribution in [2.75, 3.05) is 0 Å². The zero-order chi connectivity index (χ0) is 22.8. The summed E-state index contributed by atoms with van der Waals surface area (Å²) < 4.78 is 29.5. The van der Waals surface area contributed by atoms with Crippen molar-refractivity contribution >= 4 is 0 Å². The Labute approximate surface area is 193 Å². The van der Waals surface area contributed by atoms with E-state index in [1.165, 1.54) is 75.5 Å². The van der Waals surface area contributed by atoms with Crippen molar-refractivity contribution < 1.29 is 8.78 Å². The van der Waals surface area contributed by atoms with Crippen molar-refractivity contribution in [1.29, 1.82) is 0 Å². The fourth-order valence-electron chi connectivity index (χ4n) is 4.88. The molecule has 0 radical (unpaired) electrons. The van der Waals surface area contributed by atoms with Gasteiger partial charge in [0.2, 0.25) is 0 Å². The quantitative estimate of drug-likeness (QED) is 0.272. The van der Waals surface area contributed by atoms with E-state index in [1.54, 1.807) is 0 Å². The Morgan fingerprint density at radius 3 is 2.03 bits per heavy atom. The van der Waals surface area contributed by atoms with Crippen LogP contribution in [0.25, 0.3) is 0 Å². The molecule has 0 nitrogen and oxygen atoms in total. The van der Waals surface area contributed by atoms with Crippen LogP contribution in [0.5, 0.6) is 0 Å². The number of hydrogen-bond donors (Lipinski definition) is 0. The number of unbranched alkanes of at least 4 members (excludes halogenated alkanes) is 4. The second kappa shape index (κ2) is 12.8. The lowest BCUT2D eigenvalue weighted by atomic mass is 9.77. The van der Waals surface area contributed by atoms with Gasteiger partial charge in [-0.05, 0) is 85.8 Å². The van der Waals surface area contributed by atoms with E-state index in [9.17, 15) is 8.78 Å². The zero-order valence-corrected chi connectivity index (χ0v) is 19.9. The molecule has 0 spiro atoms. The molecule has 3 rings (SSSR count). The Bertz CT molecular complexity index is 870. The Hall–Kier alpha value is -2.14. The van der Waals surface area contributed by atoms with Crippen LogP contribution in [0.1, 0.15) is 113 Å². The summed E-state index contributed by atoms with van der Waals surface area (Å²) in [7, 11) is 0. The monoisotopic (exact) mass is 436 g/mol. The minimum Gasteiger partial charge on any atom is -0.206 e. The van der Waals surface area contributed by atoms with Gasteiger partial charge in [-0.2, -0.15) is 0 Å². The molecule has 0 heterocycles. The first-order valence-electron chi connectivity index (χ1n) is 12.7. The van der Waals surface area contributed by atoms with E-state index in [2.05, 4.69) is 37.8 Å². The number of rotatable bonds is 9. The number of hydrogen-bond acceptors (Lipinski definition) is 0. The van der Waals surface area contributed by atoms with Crippen LogP contribution < -0.4 is 0 Å². The topological polar surface area (TPSA) is 0 Å². The molecule has 0 saturated heterocycles. The average Bonchev–Trinajstić information content (AvgIpc) is 2.80.